The van der Waals surface area contributed by atoms with E-state index in [1.165, 1.54) is 43.0 Å². The van der Waals surface area contributed by atoms with Crippen molar-refractivity contribution in [2.75, 3.05) is 55.7 Å². The zero-order valence-electron chi connectivity index (χ0n) is 33.2. The van der Waals surface area contributed by atoms with Crippen molar-refractivity contribution in [2.24, 2.45) is 5.92 Å². The van der Waals surface area contributed by atoms with Gasteiger partial charge in [-0.15, -0.1) is 0 Å². The minimum atomic E-state index is -4.97. The minimum Gasteiger partial charge on any atom is -0.492 e. The number of nitriles is 1. The highest BCUT2D eigenvalue weighted by atomic mass is 32.1. The molecular formula is C41H40F7N7O5S. The van der Waals surface area contributed by atoms with Crippen molar-refractivity contribution in [2.45, 2.75) is 64.1 Å². The number of carbonyl (C=O) groups excluding carboxylic acids is 4. The molecule has 1 aromatic heterocycles. The topological polar surface area (TPSA) is 139 Å². The Bertz CT molecular complexity index is 2310. The largest absolute Gasteiger partial charge is 0.492 e. The van der Waals surface area contributed by atoms with E-state index in [9.17, 15) is 41.1 Å². The second-order valence-corrected chi connectivity index (χ2v) is 16.0. The Morgan fingerprint density at radius 1 is 1.00 bits per heavy atom. The Kier molecular flexibility index (Phi) is 12.9. The van der Waals surface area contributed by atoms with E-state index in [1.54, 1.807) is 0 Å². The summed E-state index contributed by atoms with van der Waals surface area (Å²) in [5, 5.41) is 11.1. The van der Waals surface area contributed by atoms with E-state index >= 15 is 8.78 Å². The second-order valence-electron chi connectivity index (χ2n) is 15.7. The summed E-state index contributed by atoms with van der Waals surface area (Å²) in [6, 6.07) is 8.11. The number of Topliss-reactive ketones (excluding diaryl/α,β-unsaturated/α-hetero) is 1. The molecule has 2 aromatic carbocycles. The average Bonchev–Trinajstić information content (AvgIpc) is 3.36. The molecular weight excluding hydrogens is 836 g/mol. The number of thiocarbonyl (C=S) groups is 1. The molecule has 4 heterocycles. The van der Waals surface area contributed by atoms with Gasteiger partial charge in [-0.25, -0.2) is 22.5 Å². The fraction of sp³-hybridized carbons (Fsp3) is 0.439. The van der Waals surface area contributed by atoms with Crippen LogP contribution in [0.25, 0.3) is 0 Å². The van der Waals surface area contributed by atoms with E-state index in [-0.39, 0.29) is 72.4 Å². The summed E-state index contributed by atoms with van der Waals surface area (Å²) in [6.07, 6.45) is -3.92. The molecule has 3 aromatic rings. The van der Waals surface area contributed by atoms with Crippen LogP contribution < -0.4 is 19.9 Å². The summed E-state index contributed by atoms with van der Waals surface area (Å²) in [7, 11) is 0. The molecule has 12 nitrogen and oxygen atoms in total. The molecule has 6 rings (SSSR count). The van der Waals surface area contributed by atoms with E-state index in [0.717, 1.165) is 23.2 Å². The van der Waals surface area contributed by atoms with Gasteiger partial charge in [0.05, 0.1) is 29.6 Å². The van der Waals surface area contributed by atoms with Gasteiger partial charge in [-0.05, 0) is 80.4 Å². The summed E-state index contributed by atoms with van der Waals surface area (Å²) >= 11 is 5.53. The van der Waals surface area contributed by atoms with Gasteiger partial charge in [-0.3, -0.25) is 39.2 Å². The number of piperidine rings is 1. The molecule has 3 aliphatic heterocycles. The highest BCUT2D eigenvalue weighted by molar-refractivity contribution is 7.81. The van der Waals surface area contributed by atoms with Crippen molar-refractivity contribution in [1.82, 2.24) is 20.1 Å². The third kappa shape index (κ3) is 9.84. The number of pyridine rings is 1. The highest BCUT2D eigenvalue weighted by Crippen LogP contribution is 2.43. The number of halogens is 7. The standard InChI is InChI=1S/C41H40F7N7O5S/c1-39(2)37(59)54(27-19-29(41(46,47)48)32(20-49)50-21-27)38(61)55(39)26-5-6-33(30(18-26)40(3,44)45)60-13-12-52-8-10-53(11-9-52)22-28(56)17-25-15-23(16-31(42)35(25)43)14-24-4-7-34(57)51-36(24)58/h5-6,15-16,18-19,21,24H,4,7-14,17,22H2,1-3H3,(H,51,57,58). The van der Waals surface area contributed by atoms with E-state index in [2.05, 4.69) is 10.3 Å². The predicted molar refractivity (Wildman–Crippen MR) is 210 cm³/mol. The van der Waals surface area contributed by atoms with Crippen LogP contribution >= 0.6 is 12.2 Å². The first-order valence-corrected chi connectivity index (χ1v) is 19.6. The second kappa shape index (κ2) is 17.5. The van der Waals surface area contributed by atoms with E-state index in [1.807, 2.05) is 9.80 Å². The Hall–Kier alpha value is -5.52. The maximum atomic E-state index is 15.1. The molecule has 324 valence electrons. The molecule has 0 saturated carbocycles. The maximum Gasteiger partial charge on any atom is 0.419 e. The molecule has 3 saturated heterocycles. The number of alkyl halides is 5. The molecule has 1 N–H and O–H groups in total. The van der Waals surface area contributed by atoms with Crippen molar-refractivity contribution in [3.05, 3.63) is 82.2 Å². The van der Waals surface area contributed by atoms with Crippen LogP contribution in [0.5, 0.6) is 5.75 Å². The van der Waals surface area contributed by atoms with Crippen molar-refractivity contribution in [3.63, 3.8) is 0 Å². The molecule has 3 aliphatic rings. The summed E-state index contributed by atoms with van der Waals surface area (Å²) < 4.78 is 106. The molecule has 20 heteroatoms. The quantitative estimate of drug-likeness (QED) is 0.129. The van der Waals surface area contributed by atoms with Gasteiger partial charge in [0, 0.05) is 64.1 Å². The van der Waals surface area contributed by atoms with Gasteiger partial charge < -0.3 is 9.64 Å². The van der Waals surface area contributed by atoms with Gasteiger partial charge in [-0.1, -0.05) is 6.07 Å². The normalized spacial score (nSPS) is 19.0. The number of hydrogen-bond donors (Lipinski definition) is 1. The summed E-state index contributed by atoms with van der Waals surface area (Å²) in [6.45, 7) is 5.69. The Morgan fingerprint density at radius 3 is 2.31 bits per heavy atom. The molecule has 61 heavy (non-hydrogen) atoms. The number of imide groups is 1. The zero-order chi connectivity index (χ0) is 44.6. The molecule has 1 atom stereocenters. The maximum absolute atomic E-state index is 15.1. The lowest BCUT2D eigenvalue weighted by Crippen LogP contribution is -2.49. The fourth-order valence-electron chi connectivity index (χ4n) is 7.61. The number of carbonyl (C=O) groups is 4. The van der Waals surface area contributed by atoms with Gasteiger partial charge >= 0.3 is 6.18 Å². The van der Waals surface area contributed by atoms with Gasteiger partial charge in [0.25, 0.3) is 11.8 Å². The SMILES string of the molecule is CC(F)(F)c1cc(N2C(=S)N(c3cnc(C#N)c(C(F)(F)F)c3)C(=O)C2(C)C)ccc1OCCN1CCN(CC(=O)Cc2cc(CC3CCC(=O)NC3=O)cc(F)c2F)CC1. The number of aromatic nitrogens is 1. The summed E-state index contributed by atoms with van der Waals surface area (Å²) in [5.41, 5.74) is -4.44. The molecule has 0 radical (unpaired) electrons. The first kappa shape index (κ1) is 45.0. The van der Waals surface area contributed by atoms with Crippen molar-refractivity contribution < 1.29 is 54.6 Å². The Balaban J connectivity index is 1.05. The summed E-state index contributed by atoms with van der Waals surface area (Å²) in [4.78, 5) is 59.7. The fourth-order valence-corrected chi connectivity index (χ4v) is 8.13. The number of rotatable bonds is 13. The van der Waals surface area contributed by atoms with Crippen LogP contribution in [-0.4, -0.2) is 94.8 Å². The van der Waals surface area contributed by atoms with Crippen molar-refractivity contribution >= 4 is 52.2 Å². The van der Waals surface area contributed by atoms with Crippen LogP contribution in [0.15, 0.2) is 42.6 Å². The number of piperazine rings is 1. The van der Waals surface area contributed by atoms with Crippen LogP contribution in [0.1, 0.15) is 61.6 Å². The van der Waals surface area contributed by atoms with Gasteiger partial charge in [0.2, 0.25) is 11.8 Å². The van der Waals surface area contributed by atoms with Gasteiger partial charge in [0.1, 0.15) is 24.0 Å². The molecule has 3 amide bonds. The number of amides is 3. The number of hydrogen-bond acceptors (Lipinski definition) is 10. The van der Waals surface area contributed by atoms with Crippen LogP contribution in [0.2, 0.25) is 0 Å². The lowest BCUT2D eigenvalue weighted by Gasteiger charge is -2.34. The third-order valence-electron chi connectivity index (χ3n) is 10.8. The number of benzene rings is 2. The Morgan fingerprint density at radius 2 is 1.67 bits per heavy atom. The molecule has 0 spiro atoms. The third-order valence-corrected chi connectivity index (χ3v) is 11.2. The number of nitrogens with zero attached hydrogens (tertiary/aromatic N) is 6. The smallest absolute Gasteiger partial charge is 0.419 e. The molecule has 1 unspecified atom stereocenters. The number of ether oxygens (including phenoxy) is 1. The lowest BCUT2D eigenvalue weighted by molar-refractivity contribution is -0.138. The van der Waals surface area contributed by atoms with Gasteiger partial charge in [-0.2, -0.15) is 18.4 Å². The molecule has 3 fully saturated rings. The predicted octanol–water partition coefficient (Wildman–Crippen LogP) is 5.68. The van der Waals surface area contributed by atoms with Crippen LogP contribution in [0, 0.1) is 28.9 Å². The van der Waals surface area contributed by atoms with Crippen molar-refractivity contribution in [3.8, 4) is 11.8 Å². The van der Waals surface area contributed by atoms with Crippen LogP contribution in [-0.2, 0) is 44.1 Å². The highest BCUT2D eigenvalue weighted by Gasteiger charge is 2.51. The molecule has 0 aliphatic carbocycles. The Labute approximate surface area is 351 Å². The first-order chi connectivity index (χ1) is 28.6. The molecule has 0 bridgehead atoms. The first-order valence-electron chi connectivity index (χ1n) is 19.2. The van der Waals surface area contributed by atoms with E-state index in [4.69, 9.17) is 22.2 Å². The number of ketones is 1. The lowest BCUT2D eigenvalue weighted by atomic mass is 9.90. The van der Waals surface area contributed by atoms with Gasteiger partial charge in [0.15, 0.2) is 28.2 Å². The van der Waals surface area contributed by atoms with Crippen molar-refractivity contribution in [1.29, 1.82) is 5.26 Å². The number of anilines is 2. The average molecular weight is 876 g/mol. The van der Waals surface area contributed by atoms with E-state index < -0.39 is 69.7 Å². The zero-order valence-corrected chi connectivity index (χ0v) is 34.0. The number of nitrogens with one attached hydrogen (secondary N) is 1. The van der Waals surface area contributed by atoms with Crippen LogP contribution in [0.3, 0.4) is 0 Å². The summed E-state index contributed by atoms with van der Waals surface area (Å²) in [5.74, 6) is -8.43. The van der Waals surface area contributed by atoms with Crippen LogP contribution in [0.4, 0.5) is 42.1 Å². The van der Waals surface area contributed by atoms with E-state index in [0.29, 0.717) is 51.3 Å². The monoisotopic (exact) mass is 875 g/mol. The minimum absolute atomic E-state index is 0.00548.